The summed E-state index contributed by atoms with van der Waals surface area (Å²) >= 11 is 0. The van der Waals surface area contributed by atoms with Gasteiger partial charge in [0.1, 0.15) is 12.6 Å². The van der Waals surface area contributed by atoms with E-state index in [0.29, 0.717) is 0 Å². The topological polar surface area (TPSA) is 31.7 Å². The van der Waals surface area contributed by atoms with E-state index in [4.69, 9.17) is 0 Å². The van der Waals surface area contributed by atoms with Gasteiger partial charge in [-0.05, 0) is 37.3 Å². The maximum Gasteiger partial charge on any atom is 0.240 e. The van der Waals surface area contributed by atoms with Crippen molar-refractivity contribution in [3.63, 3.8) is 0 Å². The van der Waals surface area contributed by atoms with Crippen molar-refractivity contribution in [2.45, 2.75) is 6.92 Å². The van der Waals surface area contributed by atoms with Gasteiger partial charge in [-0.25, -0.2) is 0 Å². The van der Waals surface area contributed by atoms with Gasteiger partial charge in [-0.3, -0.25) is 0 Å². The van der Waals surface area contributed by atoms with E-state index in [-0.39, 0.29) is 24.0 Å². The van der Waals surface area contributed by atoms with Gasteiger partial charge in [0, 0.05) is 11.8 Å². The van der Waals surface area contributed by atoms with Crippen molar-refractivity contribution in [1.29, 1.82) is 0 Å². The smallest absolute Gasteiger partial charge is 0.240 e. The van der Waals surface area contributed by atoms with Crippen LogP contribution in [-0.4, -0.2) is 4.98 Å². The molecule has 0 amide bonds. The molecule has 134 valence electrons. The summed E-state index contributed by atoms with van der Waals surface area (Å²) in [5, 5.41) is 6.10. The molecule has 0 aliphatic rings. The summed E-state index contributed by atoms with van der Waals surface area (Å²) in [4.78, 5) is 3.63. The van der Waals surface area contributed by atoms with Gasteiger partial charge in [-0.15, -0.1) is 0 Å². The van der Waals surface area contributed by atoms with Crippen molar-refractivity contribution < 1.29 is 28.5 Å². The Balaban J connectivity index is 0.00000180. The zero-order valence-electron chi connectivity index (χ0n) is 15.3. The molecule has 0 atom stereocenters. The molecule has 0 unspecified atom stereocenters. The molecule has 0 saturated carbocycles. The van der Waals surface area contributed by atoms with E-state index >= 15 is 0 Å². The lowest BCUT2D eigenvalue weighted by atomic mass is 10.1. The molecule has 0 saturated heterocycles. The van der Waals surface area contributed by atoms with Crippen LogP contribution in [0.3, 0.4) is 0 Å². The van der Waals surface area contributed by atoms with E-state index in [2.05, 4.69) is 102 Å². The van der Waals surface area contributed by atoms with Crippen molar-refractivity contribution in [2.75, 3.05) is 5.32 Å². The van der Waals surface area contributed by atoms with Gasteiger partial charge in [0.05, 0.1) is 22.0 Å². The van der Waals surface area contributed by atoms with Gasteiger partial charge >= 0.3 is 0 Å². The van der Waals surface area contributed by atoms with Gasteiger partial charge in [-0.1, -0.05) is 42.0 Å². The van der Waals surface area contributed by atoms with Crippen molar-refractivity contribution in [2.24, 2.45) is 7.05 Å². The highest BCUT2D eigenvalue weighted by Gasteiger charge is 2.22. The highest BCUT2D eigenvalue weighted by Crippen LogP contribution is 2.35. The molecule has 0 fully saturated rings. The van der Waals surface area contributed by atoms with Crippen LogP contribution in [0, 0.1) is 6.92 Å². The molecule has 2 aromatic heterocycles. The summed E-state index contributed by atoms with van der Waals surface area (Å²) in [5.41, 5.74) is 8.18. The van der Waals surface area contributed by atoms with Crippen LogP contribution >= 0.6 is 0 Å². The zero-order chi connectivity index (χ0) is 17.7. The zero-order valence-corrected chi connectivity index (χ0v) is 17.4. The Morgan fingerprint density at radius 1 is 0.815 bits per heavy atom. The number of pyridine rings is 1. The summed E-state index contributed by atoms with van der Waals surface area (Å²) in [6.45, 7) is 2.11. The molecule has 0 spiro atoms. The lowest BCUT2D eigenvalue weighted by molar-refractivity contribution is -0.616. The van der Waals surface area contributed by atoms with Crippen LogP contribution in [0.15, 0.2) is 72.8 Å². The van der Waals surface area contributed by atoms with Crippen LogP contribution in [0.1, 0.15) is 5.56 Å². The van der Waals surface area contributed by atoms with Crippen LogP contribution in [0.2, 0.25) is 0 Å². The minimum absolute atomic E-state index is 0. The summed E-state index contributed by atoms with van der Waals surface area (Å²) < 4.78 is 2.28. The summed E-state index contributed by atoms with van der Waals surface area (Å²) in [6, 6.07) is 25.6. The fourth-order valence-corrected chi connectivity index (χ4v) is 3.80. The third-order valence-corrected chi connectivity index (χ3v) is 5.12. The molecule has 4 heteroatoms. The molecule has 27 heavy (non-hydrogen) atoms. The molecule has 5 aromatic rings. The first-order valence-electron chi connectivity index (χ1n) is 8.87. The summed E-state index contributed by atoms with van der Waals surface area (Å²) in [7, 11) is 2.14. The van der Waals surface area contributed by atoms with E-state index in [1.165, 1.54) is 27.4 Å². The lowest BCUT2D eigenvalue weighted by Crippen LogP contribution is -3.00. The highest BCUT2D eigenvalue weighted by molar-refractivity contribution is 6.13. The standard InChI is InChI=1S/C23H19N3.HI/c1-15-11-13-16(14-12-15)24-21-18-8-4-6-10-20(18)26(2)23-17-7-3-5-9-19(17)25-22(21)23;/h3-14H,1-2H3,(H,24,25);1H. The number of aryl methyl sites for hydroxylation is 2. The number of benzene rings is 3. The Morgan fingerprint density at radius 3 is 2.26 bits per heavy atom. The number of aromatic amines is 1. The van der Waals surface area contributed by atoms with Gasteiger partial charge in [0.2, 0.25) is 11.0 Å². The first-order valence-corrected chi connectivity index (χ1v) is 8.87. The largest absolute Gasteiger partial charge is 1.00 e. The number of nitrogens with one attached hydrogen (secondary N) is 2. The van der Waals surface area contributed by atoms with Crippen LogP contribution in [0.25, 0.3) is 32.8 Å². The van der Waals surface area contributed by atoms with Crippen LogP contribution < -0.4 is 33.9 Å². The van der Waals surface area contributed by atoms with Gasteiger partial charge in [-0.2, -0.15) is 4.57 Å². The maximum atomic E-state index is 3.66. The molecule has 2 heterocycles. The number of nitrogens with zero attached hydrogens (tertiary/aromatic N) is 1. The Bertz CT molecular complexity index is 1270. The fraction of sp³-hybridized carbons (Fsp3) is 0.0870. The van der Waals surface area contributed by atoms with E-state index in [1.54, 1.807) is 0 Å². The first kappa shape index (κ1) is 17.8. The molecular formula is C23H20IN3. The molecule has 2 N–H and O–H groups in total. The SMILES string of the molecule is Cc1ccc(Nc2c3ccccc3[n+](C)c3c2[nH]c2ccccc23)cc1.[I-]. The number of halogens is 1. The van der Waals surface area contributed by atoms with E-state index in [9.17, 15) is 0 Å². The number of anilines is 2. The Hall–Kier alpha value is -2.60. The third kappa shape index (κ3) is 2.84. The number of para-hydroxylation sites is 2. The van der Waals surface area contributed by atoms with Crippen LogP contribution in [-0.2, 0) is 7.05 Å². The quantitative estimate of drug-likeness (QED) is 0.305. The molecule has 5 rings (SSSR count). The van der Waals surface area contributed by atoms with E-state index in [1.807, 2.05) is 0 Å². The Kier molecular flexibility index (Phi) is 4.52. The Labute approximate surface area is 175 Å². The van der Waals surface area contributed by atoms with E-state index in [0.717, 1.165) is 22.4 Å². The van der Waals surface area contributed by atoms with Gasteiger partial charge in [0.15, 0.2) is 0 Å². The molecule has 0 bridgehead atoms. The monoisotopic (exact) mass is 465 g/mol. The highest BCUT2D eigenvalue weighted by atomic mass is 127. The van der Waals surface area contributed by atoms with Crippen LogP contribution in [0.4, 0.5) is 11.4 Å². The second-order valence-corrected chi connectivity index (χ2v) is 6.84. The minimum Gasteiger partial charge on any atom is -1.00 e. The summed E-state index contributed by atoms with van der Waals surface area (Å²) in [5.74, 6) is 0. The van der Waals surface area contributed by atoms with Gasteiger partial charge < -0.3 is 34.3 Å². The third-order valence-electron chi connectivity index (χ3n) is 5.12. The molecule has 0 aliphatic carbocycles. The van der Waals surface area contributed by atoms with Crippen LogP contribution in [0.5, 0.6) is 0 Å². The molecule has 0 radical (unpaired) electrons. The lowest BCUT2D eigenvalue weighted by Gasteiger charge is -2.11. The number of H-pyrrole nitrogens is 1. The number of hydrogen-bond acceptors (Lipinski definition) is 1. The Morgan fingerprint density at radius 2 is 1.48 bits per heavy atom. The number of aromatic nitrogens is 2. The van der Waals surface area contributed by atoms with Crippen molar-refractivity contribution in [3.8, 4) is 0 Å². The predicted molar refractivity (Wildman–Crippen MR) is 109 cm³/mol. The second-order valence-electron chi connectivity index (χ2n) is 6.84. The average Bonchev–Trinajstić information content (AvgIpc) is 3.06. The normalized spacial score (nSPS) is 11.0. The van der Waals surface area contributed by atoms with Crippen molar-refractivity contribution >= 4 is 44.2 Å². The molecule has 3 aromatic carbocycles. The number of fused-ring (bicyclic) bond motifs is 4. The van der Waals surface area contributed by atoms with Crippen molar-refractivity contribution in [3.05, 3.63) is 78.4 Å². The van der Waals surface area contributed by atoms with E-state index < -0.39 is 0 Å². The fourth-order valence-electron chi connectivity index (χ4n) is 3.80. The molecule has 3 nitrogen and oxygen atoms in total. The summed E-state index contributed by atoms with van der Waals surface area (Å²) in [6.07, 6.45) is 0. The first-order chi connectivity index (χ1) is 12.7. The van der Waals surface area contributed by atoms with Gasteiger partial charge in [0.25, 0.3) is 0 Å². The maximum absolute atomic E-state index is 3.66. The van der Waals surface area contributed by atoms with Crippen molar-refractivity contribution in [1.82, 2.24) is 4.98 Å². The number of rotatable bonds is 2. The molecular weight excluding hydrogens is 445 g/mol. The number of hydrogen-bond donors (Lipinski definition) is 2. The second kappa shape index (κ2) is 6.85. The predicted octanol–water partition coefficient (Wildman–Crippen LogP) is 2.35. The minimum atomic E-state index is 0. The average molecular weight is 465 g/mol. The molecule has 0 aliphatic heterocycles.